The molecule has 38 heavy (non-hydrogen) atoms. The van der Waals surface area contributed by atoms with Gasteiger partial charge in [-0.3, -0.25) is 4.40 Å². The average Bonchev–Trinajstić information content (AvgIpc) is 3.38. The van der Waals surface area contributed by atoms with Gasteiger partial charge >= 0.3 is 0 Å². The van der Waals surface area contributed by atoms with Crippen molar-refractivity contribution in [1.29, 1.82) is 0 Å². The number of benzene rings is 5. The van der Waals surface area contributed by atoms with Gasteiger partial charge in [0.1, 0.15) is 16.3 Å². The third-order valence-electron chi connectivity index (χ3n) is 7.86. The number of pyridine rings is 1. The lowest BCUT2D eigenvalue weighted by Crippen LogP contribution is -2.15. The van der Waals surface area contributed by atoms with E-state index in [0.717, 1.165) is 29.5 Å². The normalized spacial score (nSPS) is 14.6. The van der Waals surface area contributed by atoms with E-state index in [1.807, 2.05) is 0 Å². The van der Waals surface area contributed by atoms with E-state index in [-0.39, 0.29) is 0 Å². The van der Waals surface area contributed by atoms with Crippen molar-refractivity contribution in [3.8, 4) is 0 Å². The van der Waals surface area contributed by atoms with Crippen molar-refractivity contribution in [2.75, 3.05) is 0 Å². The summed E-state index contributed by atoms with van der Waals surface area (Å²) in [5.41, 5.74) is 4.45. The van der Waals surface area contributed by atoms with Crippen molar-refractivity contribution in [2.24, 2.45) is 0 Å². The zero-order valence-corrected chi connectivity index (χ0v) is 21.9. The zero-order chi connectivity index (χ0) is 25.1. The van der Waals surface area contributed by atoms with Crippen molar-refractivity contribution < 1.29 is 0 Å². The molecule has 0 fully saturated rings. The van der Waals surface area contributed by atoms with Crippen LogP contribution in [0, 0.1) is 0 Å². The Bertz CT molecular complexity index is 2080. The van der Waals surface area contributed by atoms with E-state index >= 15 is 0 Å². The summed E-state index contributed by atoms with van der Waals surface area (Å²) < 4.78 is 2.39. The third-order valence-corrected chi connectivity index (χ3v) is 10.7. The molecule has 0 radical (unpaired) electrons. The molecule has 1 aliphatic carbocycles. The van der Waals surface area contributed by atoms with Gasteiger partial charge in [0.15, 0.2) is 0 Å². The Morgan fingerprint density at radius 3 is 2.24 bits per heavy atom. The van der Waals surface area contributed by atoms with Gasteiger partial charge in [0.2, 0.25) is 0 Å². The van der Waals surface area contributed by atoms with Crippen LogP contribution in [0.2, 0.25) is 0 Å². The summed E-state index contributed by atoms with van der Waals surface area (Å²) in [5, 5.41) is 10.8. The van der Waals surface area contributed by atoms with Gasteiger partial charge in [-0.1, -0.05) is 78.9 Å². The maximum atomic E-state index is 5.32. The van der Waals surface area contributed by atoms with E-state index in [9.17, 15) is 0 Å². The first-order chi connectivity index (χ1) is 18.9. The number of para-hydroxylation sites is 3. The number of allylic oxidation sites excluding steroid dienone is 4. The van der Waals surface area contributed by atoms with E-state index in [1.54, 1.807) is 0 Å². The van der Waals surface area contributed by atoms with Gasteiger partial charge in [0.05, 0.1) is 35.2 Å². The van der Waals surface area contributed by atoms with Crippen LogP contribution >= 0.6 is 7.92 Å². The van der Waals surface area contributed by atoms with Crippen LogP contribution in [0.25, 0.3) is 49.1 Å². The number of rotatable bonds is 3. The van der Waals surface area contributed by atoms with Gasteiger partial charge in [-0.25, -0.2) is 4.98 Å². The second kappa shape index (κ2) is 8.65. The fraction of sp³-hybridized carbons (Fsp3) is 0.0571. The number of hydrogen-bond acceptors (Lipinski definition) is 1. The molecule has 2 nitrogen and oxygen atoms in total. The molecule has 8 rings (SSSR count). The molecule has 180 valence electrons. The molecule has 1 aliphatic rings. The third kappa shape index (κ3) is 3.20. The highest BCUT2D eigenvalue weighted by molar-refractivity contribution is 7.77. The average molecular weight is 506 g/mol. The topological polar surface area (TPSA) is 17.3 Å². The zero-order valence-electron chi connectivity index (χ0n) is 20.9. The summed E-state index contributed by atoms with van der Waals surface area (Å²) in [7, 11) is -1.29. The molecule has 0 spiro atoms. The Kier molecular flexibility index (Phi) is 4.96. The second-order valence-corrected chi connectivity index (χ2v) is 12.5. The number of fused-ring (bicyclic) bond motifs is 10. The fourth-order valence-electron chi connectivity index (χ4n) is 6.26. The Morgan fingerprint density at radius 1 is 0.658 bits per heavy atom. The minimum absolute atomic E-state index is 1.04. The summed E-state index contributed by atoms with van der Waals surface area (Å²) in [6, 6.07) is 39.9. The first-order valence-electron chi connectivity index (χ1n) is 13.3. The van der Waals surface area contributed by atoms with E-state index < -0.39 is 7.92 Å². The minimum Gasteiger partial charge on any atom is -0.292 e. The molecule has 5 aromatic carbocycles. The van der Waals surface area contributed by atoms with Gasteiger partial charge in [0.25, 0.3) is 0 Å². The molecule has 0 saturated carbocycles. The first-order valence-corrected chi connectivity index (χ1v) is 14.8. The summed E-state index contributed by atoms with van der Waals surface area (Å²) in [6.07, 6.45) is 9.42. The van der Waals surface area contributed by atoms with Crippen molar-refractivity contribution in [2.45, 2.75) is 12.8 Å². The summed E-state index contributed by atoms with van der Waals surface area (Å²) in [6.45, 7) is 0. The van der Waals surface area contributed by atoms with Crippen LogP contribution < -0.4 is 10.6 Å². The molecular weight excluding hydrogens is 479 g/mol. The van der Waals surface area contributed by atoms with Gasteiger partial charge < -0.3 is 0 Å². The molecule has 0 bridgehead atoms. The summed E-state index contributed by atoms with van der Waals surface area (Å²) in [4.78, 5) is 5.32. The van der Waals surface area contributed by atoms with Crippen LogP contribution in [0.5, 0.6) is 0 Å². The number of hydrogen-bond donors (Lipinski definition) is 0. The number of nitrogens with zero attached hydrogens (tertiary/aromatic N) is 2. The maximum absolute atomic E-state index is 5.32. The van der Waals surface area contributed by atoms with Crippen LogP contribution in [-0.4, -0.2) is 9.38 Å². The van der Waals surface area contributed by atoms with Crippen LogP contribution in [0.1, 0.15) is 12.8 Å². The predicted molar refractivity (Wildman–Crippen MR) is 166 cm³/mol. The number of aromatic nitrogens is 2. The fourth-order valence-corrected chi connectivity index (χ4v) is 9.16. The van der Waals surface area contributed by atoms with Crippen LogP contribution in [-0.2, 0) is 0 Å². The largest absolute Gasteiger partial charge is 0.292 e. The molecule has 3 heteroatoms. The minimum atomic E-state index is -1.29. The van der Waals surface area contributed by atoms with E-state index in [0.29, 0.717) is 0 Å². The molecule has 2 aromatic heterocycles. The number of imidazole rings is 1. The SMILES string of the molecule is C1=CC([PH+](c2ccccc2)c2cc3ccccc3c3c4ccccc4n4c5ccccc5nc4c23)=CCC1. The van der Waals surface area contributed by atoms with Crippen molar-refractivity contribution in [3.63, 3.8) is 0 Å². The second-order valence-electron chi connectivity index (χ2n) is 10.1. The smallest absolute Gasteiger partial charge is 0.150 e. The van der Waals surface area contributed by atoms with Crippen LogP contribution in [0.3, 0.4) is 0 Å². The molecular formula is C35H26N2P+. The highest BCUT2D eigenvalue weighted by Crippen LogP contribution is 2.49. The van der Waals surface area contributed by atoms with Crippen molar-refractivity contribution in [3.05, 3.63) is 133 Å². The van der Waals surface area contributed by atoms with Gasteiger partial charge in [-0.05, 0) is 72.2 Å². The lowest BCUT2D eigenvalue weighted by atomic mass is 9.99. The van der Waals surface area contributed by atoms with Gasteiger partial charge in [-0.2, -0.15) is 0 Å². The predicted octanol–water partition coefficient (Wildman–Crippen LogP) is 8.35. The van der Waals surface area contributed by atoms with Crippen LogP contribution in [0.4, 0.5) is 0 Å². The Hall–Kier alpha value is -4.26. The molecule has 0 saturated heterocycles. The van der Waals surface area contributed by atoms with E-state index in [4.69, 9.17) is 4.98 Å². The quantitative estimate of drug-likeness (QED) is 0.174. The van der Waals surface area contributed by atoms with E-state index in [1.165, 1.54) is 48.4 Å². The Morgan fingerprint density at radius 2 is 1.39 bits per heavy atom. The summed E-state index contributed by atoms with van der Waals surface area (Å²) >= 11 is 0. The van der Waals surface area contributed by atoms with Crippen molar-refractivity contribution in [1.82, 2.24) is 9.38 Å². The van der Waals surface area contributed by atoms with E-state index in [2.05, 4.69) is 132 Å². The highest BCUT2D eigenvalue weighted by Gasteiger charge is 2.32. The standard InChI is InChI=1S/C35H25N2P/c1-3-14-25(15-4-1)38(26-16-5-2-6-17-26)32-23-24-13-7-8-18-27(24)33-28-19-9-11-21-30(28)37-31-22-12-10-20-29(31)36-35(37)34(32)33/h1,3-5,7-23H,2,6H2/p+1. The Labute approximate surface area is 222 Å². The van der Waals surface area contributed by atoms with Crippen molar-refractivity contribution >= 4 is 67.7 Å². The first kappa shape index (κ1) is 21.8. The molecule has 0 aliphatic heterocycles. The molecule has 2 heterocycles. The van der Waals surface area contributed by atoms with Crippen LogP contribution in [0.15, 0.2) is 133 Å². The lowest BCUT2D eigenvalue weighted by molar-refractivity contribution is 1.03. The molecule has 0 amide bonds. The Balaban J connectivity index is 1.65. The molecule has 1 atom stereocenters. The highest BCUT2D eigenvalue weighted by atomic mass is 31.1. The molecule has 1 unspecified atom stereocenters. The molecule has 0 N–H and O–H groups in total. The lowest BCUT2D eigenvalue weighted by Gasteiger charge is -2.19. The summed E-state index contributed by atoms with van der Waals surface area (Å²) in [5.74, 6) is 0. The maximum Gasteiger partial charge on any atom is 0.150 e. The van der Waals surface area contributed by atoms with Gasteiger partial charge in [0, 0.05) is 10.8 Å². The van der Waals surface area contributed by atoms with Gasteiger partial charge in [-0.15, -0.1) is 0 Å². The molecule has 7 aromatic rings. The monoisotopic (exact) mass is 505 g/mol.